The van der Waals surface area contributed by atoms with E-state index in [1.165, 1.54) is 0 Å². The van der Waals surface area contributed by atoms with E-state index in [1.807, 2.05) is 51.6 Å². The first-order valence-electron chi connectivity index (χ1n) is 6.40. The third kappa shape index (κ3) is 1.82. The van der Waals surface area contributed by atoms with Gasteiger partial charge in [0.15, 0.2) is 0 Å². The predicted molar refractivity (Wildman–Crippen MR) is 85.7 cm³/mol. The zero-order valence-electron chi connectivity index (χ0n) is 11.3. The summed E-state index contributed by atoms with van der Waals surface area (Å²) in [4.78, 5) is 0. The molecule has 0 saturated heterocycles. The van der Waals surface area contributed by atoms with Gasteiger partial charge in [-0.15, -0.1) is 0 Å². The van der Waals surface area contributed by atoms with Gasteiger partial charge in [0.25, 0.3) is 0 Å². The Labute approximate surface area is 117 Å². The van der Waals surface area contributed by atoms with E-state index in [2.05, 4.69) is 32.4 Å². The van der Waals surface area contributed by atoms with Gasteiger partial charge in [0, 0.05) is 32.8 Å². The molecule has 2 aromatic heterocycles. The summed E-state index contributed by atoms with van der Waals surface area (Å²) in [6, 6.07) is 16.0. The largest absolute Gasteiger partial charge is 0.312 e. The number of benzene rings is 1. The molecule has 0 aliphatic rings. The standard InChI is InChI=1S/C18H16N2/c1-13-8-9-14(2)19(13)17-6-5-7-18(12-17)20-15(3)10-11-16(20)4/h5-12H,1-4H2. The van der Waals surface area contributed by atoms with E-state index in [4.69, 9.17) is 0 Å². The minimum atomic E-state index is 0.921. The number of hydrogen-bond acceptors (Lipinski definition) is 0. The van der Waals surface area contributed by atoms with Crippen molar-refractivity contribution in [3.8, 4) is 11.4 Å². The quantitative estimate of drug-likeness (QED) is 0.648. The summed E-state index contributed by atoms with van der Waals surface area (Å²) in [5.74, 6) is 0. The number of hydrogen-bond donors (Lipinski definition) is 0. The van der Waals surface area contributed by atoms with Crippen LogP contribution in [0.5, 0.6) is 0 Å². The zero-order chi connectivity index (χ0) is 14.3. The lowest BCUT2D eigenvalue weighted by molar-refractivity contribution is 0.969. The Morgan fingerprint density at radius 1 is 0.550 bits per heavy atom. The summed E-state index contributed by atoms with van der Waals surface area (Å²) in [6.45, 7) is 16.1. The lowest BCUT2D eigenvalue weighted by Crippen LogP contribution is -2.25. The highest BCUT2D eigenvalue weighted by Crippen LogP contribution is 2.09. The van der Waals surface area contributed by atoms with E-state index in [9.17, 15) is 0 Å². The fourth-order valence-corrected chi connectivity index (χ4v) is 2.49. The van der Waals surface area contributed by atoms with E-state index in [1.54, 1.807) is 0 Å². The molecule has 0 N–H and O–H groups in total. The molecular formula is C18H16N2. The fourth-order valence-electron chi connectivity index (χ4n) is 2.49. The van der Waals surface area contributed by atoms with Gasteiger partial charge in [-0.1, -0.05) is 32.4 Å². The van der Waals surface area contributed by atoms with E-state index >= 15 is 0 Å². The Kier molecular flexibility index (Phi) is 2.72. The second-order valence-electron chi connectivity index (χ2n) is 4.82. The Morgan fingerprint density at radius 2 is 0.900 bits per heavy atom. The van der Waals surface area contributed by atoms with Crippen molar-refractivity contribution in [1.82, 2.24) is 9.13 Å². The highest BCUT2D eigenvalue weighted by molar-refractivity contribution is 5.45. The number of nitrogens with zero attached hydrogens (tertiary/aromatic N) is 2. The van der Waals surface area contributed by atoms with Gasteiger partial charge in [0.05, 0.1) is 0 Å². The minimum Gasteiger partial charge on any atom is -0.312 e. The zero-order valence-corrected chi connectivity index (χ0v) is 11.3. The first-order chi connectivity index (χ1) is 9.58. The van der Waals surface area contributed by atoms with Crippen molar-refractivity contribution >= 4 is 26.3 Å². The van der Waals surface area contributed by atoms with Crippen molar-refractivity contribution in [2.45, 2.75) is 0 Å². The highest BCUT2D eigenvalue weighted by atomic mass is 15.0. The first-order valence-corrected chi connectivity index (χ1v) is 6.40. The summed E-state index contributed by atoms with van der Waals surface area (Å²) in [5.41, 5.74) is 2.07. The summed E-state index contributed by atoms with van der Waals surface area (Å²) >= 11 is 0. The first kappa shape index (κ1) is 12.3. The van der Waals surface area contributed by atoms with Crippen LogP contribution in [-0.4, -0.2) is 9.13 Å². The molecule has 3 aromatic rings. The average molecular weight is 260 g/mol. The van der Waals surface area contributed by atoms with Crippen LogP contribution < -0.4 is 21.4 Å². The Bertz CT molecular complexity index is 841. The van der Waals surface area contributed by atoms with Crippen LogP contribution in [0.1, 0.15) is 0 Å². The minimum absolute atomic E-state index is 0.921. The normalized spacial score (nSPS) is 10.8. The molecule has 0 saturated carbocycles. The molecule has 20 heavy (non-hydrogen) atoms. The van der Waals surface area contributed by atoms with Crippen molar-refractivity contribution in [3.63, 3.8) is 0 Å². The maximum absolute atomic E-state index is 4.04. The van der Waals surface area contributed by atoms with Gasteiger partial charge in [0.1, 0.15) is 0 Å². The second kappa shape index (κ2) is 4.42. The molecule has 0 aliphatic carbocycles. The molecule has 2 nitrogen and oxygen atoms in total. The maximum atomic E-state index is 4.04. The lowest BCUT2D eigenvalue weighted by atomic mass is 10.2. The molecular weight excluding hydrogens is 244 g/mol. The van der Waals surface area contributed by atoms with Gasteiger partial charge < -0.3 is 9.13 Å². The molecule has 0 bridgehead atoms. The van der Waals surface area contributed by atoms with E-state index in [-0.39, 0.29) is 0 Å². The van der Waals surface area contributed by atoms with Crippen LogP contribution in [0.4, 0.5) is 0 Å². The van der Waals surface area contributed by atoms with Crippen molar-refractivity contribution in [3.05, 3.63) is 69.9 Å². The van der Waals surface area contributed by atoms with Gasteiger partial charge in [-0.3, -0.25) is 0 Å². The SMILES string of the molecule is C=c1ccc(=C)n1-c1cccc(-n2c(=C)ccc2=C)c1. The molecule has 0 atom stereocenters. The Hall–Kier alpha value is -2.74. The molecule has 0 fully saturated rings. The molecule has 0 aliphatic heterocycles. The van der Waals surface area contributed by atoms with Crippen molar-refractivity contribution in [2.24, 2.45) is 0 Å². The van der Waals surface area contributed by atoms with Gasteiger partial charge in [-0.25, -0.2) is 0 Å². The molecule has 0 amide bonds. The highest BCUT2D eigenvalue weighted by Gasteiger charge is 2.02. The topological polar surface area (TPSA) is 9.86 Å². The average Bonchev–Trinajstić information content (AvgIpc) is 2.93. The van der Waals surface area contributed by atoms with Crippen LogP contribution in [0.25, 0.3) is 37.7 Å². The summed E-state index contributed by atoms with van der Waals surface area (Å²) in [6.07, 6.45) is 0. The van der Waals surface area contributed by atoms with Crippen LogP contribution in [0.2, 0.25) is 0 Å². The van der Waals surface area contributed by atoms with Crippen LogP contribution in [0, 0.1) is 0 Å². The Balaban J connectivity index is 2.27. The predicted octanol–water partition coefficient (Wildman–Crippen LogP) is 0.909. The molecule has 2 heteroatoms. The second-order valence-corrected chi connectivity index (χ2v) is 4.82. The summed E-state index contributed by atoms with van der Waals surface area (Å²) < 4.78 is 4.05. The van der Waals surface area contributed by atoms with E-state index < -0.39 is 0 Å². The van der Waals surface area contributed by atoms with Crippen LogP contribution in [0.3, 0.4) is 0 Å². The van der Waals surface area contributed by atoms with Crippen LogP contribution >= 0.6 is 0 Å². The van der Waals surface area contributed by atoms with Gasteiger partial charge >= 0.3 is 0 Å². The van der Waals surface area contributed by atoms with Gasteiger partial charge in [-0.05, 0) is 42.5 Å². The molecule has 3 rings (SSSR count). The molecule has 2 heterocycles. The third-order valence-corrected chi connectivity index (χ3v) is 3.43. The van der Waals surface area contributed by atoms with E-state index in [0.717, 1.165) is 32.8 Å². The number of aromatic nitrogens is 2. The fraction of sp³-hybridized carbons (Fsp3) is 0. The summed E-state index contributed by atoms with van der Waals surface area (Å²) in [7, 11) is 0. The van der Waals surface area contributed by atoms with Crippen molar-refractivity contribution in [1.29, 1.82) is 0 Å². The molecule has 98 valence electrons. The number of rotatable bonds is 2. The smallest absolute Gasteiger partial charge is 0.0481 e. The Morgan fingerprint density at radius 3 is 1.25 bits per heavy atom. The maximum Gasteiger partial charge on any atom is 0.0481 e. The monoisotopic (exact) mass is 260 g/mol. The molecule has 0 unspecified atom stereocenters. The van der Waals surface area contributed by atoms with Crippen molar-refractivity contribution < 1.29 is 0 Å². The molecule has 1 aromatic carbocycles. The van der Waals surface area contributed by atoms with Gasteiger partial charge in [-0.2, -0.15) is 0 Å². The lowest BCUT2D eigenvalue weighted by Gasteiger charge is -2.09. The van der Waals surface area contributed by atoms with Crippen molar-refractivity contribution in [2.75, 3.05) is 0 Å². The van der Waals surface area contributed by atoms with E-state index in [0.29, 0.717) is 0 Å². The summed E-state index contributed by atoms with van der Waals surface area (Å²) in [5, 5.41) is 3.68. The van der Waals surface area contributed by atoms with Gasteiger partial charge in [0.2, 0.25) is 0 Å². The van der Waals surface area contributed by atoms with Crippen LogP contribution in [-0.2, 0) is 0 Å². The molecule has 0 radical (unpaired) electrons. The molecule has 0 spiro atoms. The third-order valence-electron chi connectivity index (χ3n) is 3.43. The van der Waals surface area contributed by atoms with Crippen LogP contribution in [0.15, 0.2) is 48.5 Å².